The summed E-state index contributed by atoms with van der Waals surface area (Å²) in [5.74, 6) is 0.147. The second-order valence-electron chi connectivity index (χ2n) is 8.54. The van der Waals surface area contributed by atoms with Crippen molar-refractivity contribution in [3.8, 4) is 51.1 Å². The summed E-state index contributed by atoms with van der Waals surface area (Å²) in [5, 5.41) is 26.8. The maximum absolute atomic E-state index is 10.5. The zero-order chi connectivity index (χ0) is 25.4. The predicted molar refractivity (Wildman–Crippen MR) is 147 cm³/mol. The monoisotopic (exact) mass is 498 g/mol. The van der Waals surface area contributed by atoms with Gasteiger partial charge in [0.05, 0.1) is 22.3 Å². The van der Waals surface area contributed by atoms with E-state index in [0.717, 1.165) is 27.8 Å². The fourth-order valence-electron chi connectivity index (χ4n) is 4.54. The topological polar surface area (TPSA) is 74.7 Å². The second kappa shape index (κ2) is 9.27. The van der Waals surface area contributed by atoms with Crippen LogP contribution in [0.2, 0.25) is 5.02 Å². The van der Waals surface area contributed by atoms with E-state index in [2.05, 4.69) is 6.07 Å². The van der Waals surface area contributed by atoms with Crippen LogP contribution in [0.5, 0.6) is 5.75 Å². The number of aromatic nitrogens is 3. The molecule has 6 rings (SSSR count). The minimum atomic E-state index is 0.147. The van der Waals surface area contributed by atoms with E-state index in [0.29, 0.717) is 33.2 Å². The van der Waals surface area contributed by atoms with E-state index < -0.39 is 0 Å². The molecule has 176 valence electrons. The van der Waals surface area contributed by atoms with Crippen molar-refractivity contribution in [2.75, 3.05) is 0 Å². The van der Waals surface area contributed by atoms with Gasteiger partial charge in [0.25, 0.3) is 0 Å². The van der Waals surface area contributed by atoms with Gasteiger partial charge in [-0.15, -0.1) is 0 Å². The van der Waals surface area contributed by atoms with Crippen LogP contribution < -0.4 is 0 Å². The molecule has 0 fully saturated rings. The standard InChI is InChI=1S/C31H19ClN4O/c32-23-15-11-22(12-16-23)30-28-27(20-13-17-25(37)18-14-20)26(19-33)29(21-7-3-1-4-8-21)34-31(28)36(35-30)24-9-5-2-6-10-24/h1-18,37H. The lowest BCUT2D eigenvalue weighted by molar-refractivity contribution is 0.475. The van der Waals surface area contributed by atoms with Crippen molar-refractivity contribution >= 4 is 22.6 Å². The Labute approximate surface area is 218 Å². The van der Waals surface area contributed by atoms with Crippen LogP contribution in [-0.2, 0) is 0 Å². The Morgan fingerprint density at radius 1 is 0.703 bits per heavy atom. The van der Waals surface area contributed by atoms with Gasteiger partial charge in [0.2, 0.25) is 0 Å². The van der Waals surface area contributed by atoms with Gasteiger partial charge in [0.1, 0.15) is 17.5 Å². The van der Waals surface area contributed by atoms with Gasteiger partial charge in [-0.2, -0.15) is 10.4 Å². The van der Waals surface area contributed by atoms with Gasteiger partial charge in [0.15, 0.2) is 5.65 Å². The van der Waals surface area contributed by atoms with Crippen molar-refractivity contribution in [3.63, 3.8) is 0 Å². The molecule has 0 atom stereocenters. The third-order valence-electron chi connectivity index (χ3n) is 6.25. The van der Waals surface area contributed by atoms with Gasteiger partial charge >= 0.3 is 0 Å². The van der Waals surface area contributed by atoms with E-state index in [1.165, 1.54) is 0 Å². The first-order valence-electron chi connectivity index (χ1n) is 11.7. The lowest BCUT2D eigenvalue weighted by Gasteiger charge is -2.13. The first kappa shape index (κ1) is 22.5. The molecule has 6 heteroatoms. The Hall–Kier alpha value is -4.92. The van der Waals surface area contributed by atoms with Crippen molar-refractivity contribution in [1.29, 1.82) is 5.26 Å². The van der Waals surface area contributed by atoms with Gasteiger partial charge in [-0.25, -0.2) is 9.67 Å². The van der Waals surface area contributed by atoms with E-state index in [1.54, 1.807) is 12.1 Å². The number of fused-ring (bicyclic) bond motifs is 1. The Kier molecular flexibility index (Phi) is 5.65. The number of halogens is 1. The normalized spacial score (nSPS) is 10.9. The van der Waals surface area contributed by atoms with Gasteiger partial charge in [-0.05, 0) is 42.0 Å². The zero-order valence-corrected chi connectivity index (χ0v) is 20.3. The summed E-state index contributed by atoms with van der Waals surface area (Å²) >= 11 is 6.19. The highest BCUT2D eigenvalue weighted by Gasteiger charge is 2.25. The van der Waals surface area contributed by atoms with Crippen molar-refractivity contribution in [3.05, 3.63) is 120 Å². The first-order chi connectivity index (χ1) is 18.1. The van der Waals surface area contributed by atoms with E-state index in [9.17, 15) is 10.4 Å². The number of hydrogen-bond donors (Lipinski definition) is 1. The molecule has 0 radical (unpaired) electrons. The van der Waals surface area contributed by atoms with Crippen LogP contribution in [0, 0.1) is 11.3 Å². The van der Waals surface area contributed by atoms with Crippen molar-refractivity contribution in [2.45, 2.75) is 0 Å². The number of nitriles is 1. The first-order valence-corrected chi connectivity index (χ1v) is 12.0. The lowest BCUT2D eigenvalue weighted by atomic mass is 9.92. The molecule has 37 heavy (non-hydrogen) atoms. The molecule has 4 aromatic carbocycles. The number of benzene rings is 4. The summed E-state index contributed by atoms with van der Waals surface area (Å²) in [6.07, 6.45) is 0. The molecule has 0 bridgehead atoms. The number of pyridine rings is 1. The third kappa shape index (κ3) is 4.00. The van der Waals surface area contributed by atoms with Crippen LogP contribution in [0.4, 0.5) is 0 Å². The highest BCUT2D eigenvalue weighted by Crippen LogP contribution is 2.42. The molecule has 0 unspecified atom stereocenters. The number of hydrogen-bond acceptors (Lipinski definition) is 4. The highest BCUT2D eigenvalue weighted by molar-refractivity contribution is 6.30. The Morgan fingerprint density at radius 3 is 1.95 bits per heavy atom. The molecular formula is C31H19ClN4O. The summed E-state index contributed by atoms with van der Waals surface area (Å²) in [7, 11) is 0. The van der Waals surface area contributed by atoms with E-state index >= 15 is 0 Å². The van der Waals surface area contributed by atoms with Crippen molar-refractivity contribution < 1.29 is 5.11 Å². The number of rotatable bonds is 4. The lowest BCUT2D eigenvalue weighted by Crippen LogP contribution is -2.01. The molecule has 0 spiro atoms. The molecule has 0 aliphatic heterocycles. The fourth-order valence-corrected chi connectivity index (χ4v) is 4.66. The number of para-hydroxylation sites is 1. The molecule has 2 heterocycles. The SMILES string of the molecule is N#Cc1c(-c2ccccc2)nc2c(c(-c3ccc(Cl)cc3)nn2-c2ccccc2)c1-c1ccc(O)cc1. The average molecular weight is 499 g/mol. The molecule has 0 aliphatic carbocycles. The highest BCUT2D eigenvalue weighted by atomic mass is 35.5. The largest absolute Gasteiger partial charge is 0.508 e. The second-order valence-corrected chi connectivity index (χ2v) is 8.97. The Morgan fingerprint density at radius 2 is 1.30 bits per heavy atom. The predicted octanol–water partition coefficient (Wildman–Crippen LogP) is 7.65. The number of aromatic hydroxyl groups is 1. The van der Waals surface area contributed by atoms with E-state index in [1.807, 2.05) is 102 Å². The third-order valence-corrected chi connectivity index (χ3v) is 6.50. The molecule has 6 aromatic rings. The number of nitrogens with zero attached hydrogens (tertiary/aromatic N) is 4. The van der Waals surface area contributed by atoms with Gasteiger partial charge in [-0.3, -0.25) is 0 Å². The molecule has 1 N–H and O–H groups in total. The summed E-state index contributed by atoms with van der Waals surface area (Å²) in [4.78, 5) is 5.06. The fraction of sp³-hybridized carbons (Fsp3) is 0. The van der Waals surface area contributed by atoms with Gasteiger partial charge < -0.3 is 5.11 Å². The van der Waals surface area contributed by atoms with E-state index in [4.69, 9.17) is 21.7 Å². The minimum Gasteiger partial charge on any atom is -0.508 e. The summed E-state index contributed by atoms with van der Waals surface area (Å²) in [6.45, 7) is 0. The minimum absolute atomic E-state index is 0.147. The van der Waals surface area contributed by atoms with Crippen LogP contribution in [0.1, 0.15) is 5.56 Å². The van der Waals surface area contributed by atoms with Crippen LogP contribution >= 0.6 is 11.6 Å². The van der Waals surface area contributed by atoms with Crippen LogP contribution in [0.25, 0.3) is 50.4 Å². The average Bonchev–Trinajstić information content (AvgIpc) is 3.33. The summed E-state index contributed by atoms with van der Waals surface area (Å²) in [6, 6.07) is 36.2. The van der Waals surface area contributed by atoms with Crippen LogP contribution in [-0.4, -0.2) is 19.9 Å². The van der Waals surface area contributed by atoms with Crippen molar-refractivity contribution in [1.82, 2.24) is 14.8 Å². The summed E-state index contributed by atoms with van der Waals surface area (Å²) in [5.41, 5.74) is 6.32. The quantitative estimate of drug-likeness (QED) is 0.271. The molecule has 0 saturated heterocycles. The maximum Gasteiger partial charge on any atom is 0.164 e. The Bertz CT molecular complexity index is 1770. The molecular weight excluding hydrogens is 480 g/mol. The molecule has 2 aromatic heterocycles. The maximum atomic E-state index is 10.5. The Balaban J connectivity index is 1.81. The smallest absolute Gasteiger partial charge is 0.164 e. The van der Waals surface area contributed by atoms with Gasteiger partial charge in [0, 0.05) is 21.7 Å². The molecule has 0 saturated carbocycles. The molecule has 0 amide bonds. The van der Waals surface area contributed by atoms with Gasteiger partial charge in [-0.1, -0.05) is 84.4 Å². The number of phenols is 1. The molecule has 5 nitrogen and oxygen atoms in total. The van der Waals surface area contributed by atoms with Crippen molar-refractivity contribution in [2.24, 2.45) is 0 Å². The van der Waals surface area contributed by atoms with Crippen LogP contribution in [0.15, 0.2) is 109 Å². The summed E-state index contributed by atoms with van der Waals surface area (Å²) < 4.78 is 1.82. The number of phenolic OH excluding ortho intramolecular Hbond substituents is 1. The zero-order valence-electron chi connectivity index (χ0n) is 19.5. The van der Waals surface area contributed by atoms with Crippen LogP contribution in [0.3, 0.4) is 0 Å². The van der Waals surface area contributed by atoms with E-state index in [-0.39, 0.29) is 5.75 Å². The molecule has 0 aliphatic rings.